The molecule has 1 heterocycles. The van der Waals surface area contributed by atoms with Gasteiger partial charge in [-0.1, -0.05) is 12.1 Å². The molecule has 2 rings (SSSR count). The van der Waals surface area contributed by atoms with Crippen LogP contribution in [0.15, 0.2) is 34.7 Å². The van der Waals surface area contributed by atoms with Crippen LogP contribution in [0.4, 0.5) is 0 Å². The van der Waals surface area contributed by atoms with Crippen LogP contribution in [0.2, 0.25) is 0 Å². The molecule has 0 bridgehead atoms. The monoisotopic (exact) mass is 276 g/mol. The number of hydrogen-bond donors (Lipinski definition) is 2. The van der Waals surface area contributed by atoms with E-state index in [1.807, 2.05) is 12.1 Å². The van der Waals surface area contributed by atoms with Crippen LogP contribution in [0.25, 0.3) is 0 Å². The molecule has 0 saturated heterocycles. The molecular formula is C15H16O5. The third-order valence-electron chi connectivity index (χ3n) is 2.87. The zero-order chi connectivity index (χ0) is 14.5. The third kappa shape index (κ3) is 3.39. The number of carbonyl (C=O) groups is 1. The summed E-state index contributed by atoms with van der Waals surface area (Å²) < 4.78 is 10.7. The predicted molar refractivity (Wildman–Crippen MR) is 72.0 cm³/mol. The van der Waals surface area contributed by atoms with Gasteiger partial charge >= 0.3 is 5.97 Å². The molecule has 0 aliphatic rings. The molecule has 2 aromatic rings. The Morgan fingerprint density at radius 1 is 1.30 bits per heavy atom. The van der Waals surface area contributed by atoms with Crippen molar-refractivity contribution in [2.45, 2.75) is 20.0 Å². The lowest BCUT2D eigenvalue weighted by atomic mass is 10.1. The second-order valence-electron chi connectivity index (χ2n) is 4.44. The molecule has 0 fully saturated rings. The number of furan rings is 1. The molecule has 0 amide bonds. The van der Waals surface area contributed by atoms with E-state index in [1.165, 1.54) is 0 Å². The van der Waals surface area contributed by atoms with Crippen LogP contribution < -0.4 is 4.74 Å². The van der Waals surface area contributed by atoms with E-state index in [0.717, 1.165) is 5.56 Å². The van der Waals surface area contributed by atoms with Crippen LogP contribution in [-0.2, 0) is 13.0 Å². The number of hydrogen-bond acceptors (Lipinski definition) is 4. The fourth-order valence-electron chi connectivity index (χ4n) is 1.87. The summed E-state index contributed by atoms with van der Waals surface area (Å²) in [4.78, 5) is 10.9. The Morgan fingerprint density at radius 2 is 2.00 bits per heavy atom. The highest BCUT2D eigenvalue weighted by molar-refractivity contribution is 5.86. The molecule has 0 radical (unpaired) electrons. The normalized spacial score (nSPS) is 10.5. The minimum atomic E-state index is -1.08. The molecule has 0 spiro atoms. The van der Waals surface area contributed by atoms with Gasteiger partial charge in [-0.2, -0.15) is 0 Å². The Labute approximate surface area is 116 Å². The van der Waals surface area contributed by atoms with E-state index in [-0.39, 0.29) is 19.0 Å². The number of aromatic carboxylic acids is 1. The Morgan fingerprint density at radius 3 is 2.55 bits per heavy atom. The number of carboxylic acid groups (broad SMARTS) is 1. The maximum atomic E-state index is 10.9. The summed E-state index contributed by atoms with van der Waals surface area (Å²) >= 11 is 0. The van der Waals surface area contributed by atoms with Gasteiger partial charge in [-0.05, 0) is 37.1 Å². The number of rotatable bonds is 6. The largest absolute Gasteiger partial charge is 0.486 e. The smallest absolute Gasteiger partial charge is 0.372 e. The van der Waals surface area contributed by atoms with Gasteiger partial charge in [0.05, 0.1) is 0 Å². The average molecular weight is 276 g/mol. The standard InChI is InChI=1S/C15H16O5/c1-10-8-13(20-14(10)15(17)18)9-19-12-4-2-11(3-5-12)6-7-16/h2-5,8,16H,6-7,9H2,1H3,(H,17,18). The highest BCUT2D eigenvalue weighted by atomic mass is 16.5. The van der Waals surface area contributed by atoms with E-state index >= 15 is 0 Å². The second kappa shape index (κ2) is 6.25. The molecule has 0 aliphatic heterocycles. The molecule has 0 atom stereocenters. The lowest BCUT2D eigenvalue weighted by Crippen LogP contribution is -1.96. The minimum absolute atomic E-state index is 0.0538. The van der Waals surface area contributed by atoms with E-state index in [0.29, 0.717) is 23.5 Å². The molecule has 1 aromatic carbocycles. The van der Waals surface area contributed by atoms with Crippen molar-refractivity contribution >= 4 is 5.97 Å². The first-order valence-electron chi connectivity index (χ1n) is 6.25. The summed E-state index contributed by atoms with van der Waals surface area (Å²) in [5, 5.41) is 17.7. The van der Waals surface area contributed by atoms with Crippen molar-refractivity contribution in [3.63, 3.8) is 0 Å². The van der Waals surface area contributed by atoms with Crippen LogP contribution in [-0.4, -0.2) is 22.8 Å². The zero-order valence-electron chi connectivity index (χ0n) is 11.1. The van der Waals surface area contributed by atoms with Crippen LogP contribution in [0.5, 0.6) is 5.75 Å². The summed E-state index contributed by atoms with van der Waals surface area (Å²) in [6.45, 7) is 1.97. The van der Waals surface area contributed by atoms with E-state index in [9.17, 15) is 4.79 Å². The van der Waals surface area contributed by atoms with Gasteiger partial charge in [0.2, 0.25) is 5.76 Å². The molecule has 0 saturated carbocycles. The van der Waals surface area contributed by atoms with Crippen molar-refractivity contribution in [2.24, 2.45) is 0 Å². The average Bonchev–Trinajstić information content (AvgIpc) is 2.80. The lowest BCUT2D eigenvalue weighted by molar-refractivity contribution is 0.0657. The minimum Gasteiger partial charge on any atom is -0.486 e. The van der Waals surface area contributed by atoms with Gasteiger partial charge in [-0.25, -0.2) is 4.79 Å². The fourth-order valence-corrected chi connectivity index (χ4v) is 1.87. The van der Waals surface area contributed by atoms with E-state index < -0.39 is 5.97 Å². The summed E-state index contributed by atoms with van der Waals surface area (Å²) in [6.07, 6.45) is 0.611. The fraction of sp³-hybridized carbons (Fsp3) is 0.267. The van der Waals surface area contributed by atoms with E-state index in [4.69, 9.17) is 19.4 Å². The van der Waals surface area contributed by atoms with E-state index in [2.05, 4.69) is 0 Å². The predicted octanol–water partition coefficient (Wildman–Crippen LogP) is 2.40. The maximum absolute atomic E-state index is 10.9. The molecule has 2 N–H and O–H groups in total. The van der Waals surface area contributed by atoms with Crippen molar-refractivity contribution in [1.29, 1.82) is 0 Å². The van der Waals surface area contributed by atoms with Gasteiger partial charge in [0, 0.05) is 12.2 Å². The van der Waals surface area contributed by atoms with Crippen LogP contribution in [0.3, 0.4) is 0 Å². The number of aryl methyl sites for hydroxylation is 1. The molecule has 0 unspecified atom stereocenters. The number of aliphatic hydroxyl groups is 1. The first kappa shape index (κ1) is 14.1. The Kier molecular flexibility index (Phi) is 4.42. The Hall–Kier alpha value is -2.27. The highest BCUT2D eigenvalue weighted by Crippen LogP contribution is 2.18. The third-order valence-corrected chi connectivity index (χ3v) is 2.87. The first-order valence-corrected chi connectivity index (χ1v) is 6.25. The van der Waals surface area contributed by atoms with Crippen LogP contribution >= 0.6 is 0 Å². The number of aliphatic hydroxyl groups excluding tert-OH is 1. The van der Waals surface area contributed by atoms with E-state index in [1.54, 1.807) is 25.1 Å². The summed E-state index contributed by atoms with van der Waals surface area (Å²) in [5.74, 6) is 0.000882. The van der Waals surface area contributed by atoms with Gasteiger partial charge in [0.15, 0.2) is 0 Å². The maximum Gasteiger partial charge on any atom is 0.372 e. The number of ether oxygens (including phenoxy) is 1. The van der Waals surface area contributed by atoms with Gasteiger partial charge < -0.3 is 19.4 Å². The zero-order valence-corrected chi connectivity index (χ0v) is 11.1. The van der Waals surface area contributed by atoms with Gasteiger partial charge in [-0.3, -0.25) is 0 Å². The van der Waals surface area contributed by atoms with Crippen molar-refractivity contribution in [1.82, 2.24) is 0 Å². The lowest BCUT2D eigenvalue weighted by Gasteiger charge is -2.05. The summed E-state index contributed by atoms with van der Waals surface area (Å²) in [7, 11) is 0. The molecule has 5 nitrogen and oxygen atoms in total. The number of benzene rings is 1. The second-order valence-corrected chi connectivity index (χ2v) is 4.44. The Balaban J connectivity index is 1.98. The van der Waals surface area contributed by atoms with Gasteiger partial charge in [0.1, 0.15) is 18.1 Å². The molecule has 5 heteroatoms. The highest BCUT2D eigenvalue weighted by Gasteiger charge is 2.14. The topological polar surface area (TPSA) is 79.9 Å². The van der Waals surface area contributed by atoms with Crippen LogP contribution in [0.1, 0.15) is 27.4 Å². The SMILES string of the molecule is Cc1cc(COc2ccc(CCO)cc2)oc1C(=O)O. The Bertz CT molecular complexity index is 583. The molecular weight excluding hydrogens is 260 g/mol. The van der Waals surface area contributed by atoms with Crippen LogP contribution in [0, 0.1) is 6.92 Å². The molecule has 0 aliphatic carbocycles. The number of carboxylic acids is 1. The van der Waals surface area contributed by atoms with Crippen molar-refractivity contribution < 1.29 is 24.2 Å². The summed E-state index contributed by atoms with van der Waals surface area (Å²) in [6, 6.07) is 9.02. The van der Waals surface area contributed by atoms with Crippen molar-refractivity contribution in [2.75, 3.05) is 6.61 Å². The molecule has 106 valence electrons. The quantitative estimate of drug-likeness (QED) is 0.846. The van der Waals surface area contributed by atoms with Crippen molar-refractivity contribution in [3.05, 3.63) is 53.0 Å². The first-order chi connectivity index (χ1) is 9.60. The van der Waals surface area contributed by atoms with Gasteiger partial charge in [0.25, 0.3) is 0 Å². The molecule has 20 heavy (non-hydrogen) atoms. The van der Waals surface area contributed by atoms with Crippen molar-refractivity contribution in [3.8, 4) is 5.75 Å². The summed E-state index contributed by atoms with van der Waals surface area (Å²) in [5.41, 5.74) is 1.61. The van der Waals surface area contributed by atoms with Gasteiger partial charge in [-0.15, -0.1) is 0 Å². The molecule has 1 aromatic heterocycles.